The molecule has 0 fully saturated rings. The molecular formula is C19H22N4O6. The van der Waals surface area contributed by atoms with Crippen LogP contribution in [-0.4, -0.2) is 33.2 Å². The number of ether oxygens (including phenoxy) is 1. The number of nitrogens with one attached hydrogen (secondary N) is 1. The van der Waals surface area contributed by atoms with E-state index in [9.17, 15) is 14.4 Å². The Morgan fingerprint density at radius 3 is 2.66 bits per heavy atom. The quantitative estimate of drug-likeness (QED) is 0.644. The van der Waals surface area contributed by atoms with E-state index in [-0.39, 0.29) is 46.9 Å². The fourth-order valence-corrected chi connectivity index (χ4v) is 2.72. The Bertz CT molecular complexity index is 1130. The van der Waals surface area contributed by atoms with Gasteiger partial charge in [0.15, 0.2) is 0 Å². The summed E-state index contributed by atoms with van der Waals surface area (Å²) in [6.07, 6.45) is 1.18. The Morgan fingerprint density at radius 2 is 2.03 bits per heavy atom. The van der Waals surface area contributed by atoms with Crippen LogP contribution in [0.3, 0.4) is 0 Å². The van der Waals surface area contributed by atoms with E-state index in [2.05, 4.69) is 15.5 Å². The number of carbonyl (C=O) groups excluding carboxylic acids is 2. The number of esters is 1. The maximum atomic E-state index is 12.8. The summed E-state index contributed by atoms with van der Waals surface area (Å²) in [5.41, 5.74) is -0.114. The molecule has 0 unspecified atom stereocenters. The van der Waals surface area contributed by atoms with Crippen molar-refractivity contribution in [2.75, 3.05) is 11.9 Å². The summed E-state index contributed by atoms with van der Waals surface area (Å²) in [5, 5.41) is 6.45. The number of fused-ring (bicyclic) bond motifs is 1. The van der Waals surface area contributed by atoms with Crippen LogP contribution in [0.25, 0.3) is 11.1 Å². The van der Waals surface area contributed by atoms with Gasteiger partial charge in [0.1, 0.15) is 29.6 Å². The van der Waals surface area contributed by atoms with Gasteiger partial charge in [-0.3, -0.25) is 19.5 Å². The zero-order chi connectivity index (χ0) is 21.3. The standard InChI is InChI=1S/C19H22N4O6/c1-6-27-18(26)14-10(2)28-16-15(14)17(25)23(9-20-16)8-12(24)21-13-7-11(22-29-13)19(3,4)5/h7,9H,6,8H2,1-5H3,(H,21,24). The van der Waals surface area contributed by atoms with Crippen molar-refractivity contribution in [1.82, 2.24) is 14.7 Å². The smallest absolute Gasteiger partial charge is 0.342 e. The second kappa shape index (κ2) is 7.53. The molecule has 3 rings (SSSR count). The van der Waals surface area contributed by atoms with E-state index in [0.29, 0.717) is 5.69 Å². The minimum absolute atomic E-state index is 0.0114. The number of aryl methyl sites for hydroxylation is 1. The Labute approximate surface area is 165 Å². The zero-order valence-electron chi connectivity index (χ0n) is 16.9. The third-order valence-electron chi connectivity index (χ3n) is 4.19. The molecule has 0 aromatic carbocycles. The Morgan fingerprint density at radius 1 is 1.31 bits per heavy atom. The number of aromatic nitrogens is 3. The Kier molecular flexibility index (Phi) is 5.27. The minimum Gasteiger partial charge on any atom is -0.462 e. The van der Waals surface area contributed by atoms with Crippen molar-refractivity contribution in [3.8, 4) is 0 Å². The largest absolute Gasteiger partial charge is 0.462 e. The maximum absolute atomic E-state index is 12.8. The molecule has 0 bridgehead atoms. The third-order valence-corrected chi connectivity index (χ3v) is 4.19. The summed E-state index contributed by atoms with van der Waals surface area (Å²) in [4.78, 5) is 41.4. The molecule has 3 aromatic heterocycles. The van der Waals surface area contributed by atoms with Crippen LogP contribution < -0.4 is 10.9 Å². The molecule has 0 aliphatic rings. The lowest BCUT2D eigenvalue weighted by molar-refractivity contribution is -0.116. The first kappa shape index (κ1) is 20.3. The molecule has 0 spiro atoms. The molecule has 0 saturated carbocycles. The number of furan rings is 1. The van der Waals surface area contributed by atoms with Gasteiger partial charge in [-0.15, -0.1) is 0 Å². The van der Waals surface area contributed by atoms with Crippen LogP contribution in [0.4, 0.5) is 5.88 Å². The molecule has 0 radical (unpaired) electrons. The summed E-state index contributed by atoms with van der Waals surface area (Å²) in [5.74, 6) is -0.793. The van der Waals surface area contributed by atoms with Crippen molar-refractivity contribution in [3.63, 3.8) is 0 Å². The van der Waals surface area contributed by atoms with E-state index in [1.165, 1.54) is 6.33 Å². The van der Waals surface area contributed by atoms with Gasteiger partial charge >= 0.3 is 5.97 Å². The lowest BCUT2D eigenvalue weighted by Crippen LogP contribution is -2.28. The van der Waals surface area contributed by atoms with Gasteiger partial charge in [0.05, 0.1) is 12.3 Å². The van der Waals surface area contributed by atoms with Crippen molar-refractivity contribution in [2.24, 2.45) is 0 Å². The molecular weight excluding hydrogens is 380 g/mol. The predicted molar refractivity (Wildman–Crippen MR) is 103 cm³/mol. The first-order valence-electron chi connectivity index (χ1n) is 9.04. The molecule has 0 aliphatic carbocycles. The fraction of sp³-hybridized carbons (Fsp3) is 0.421. The van der Waals surface area contributed by atoms with E-state index < -0.39 is 17.4 Å². The summed E-state index contributed by atoms with van der Waals surface area (Å²) in [7, 11) is 0. The lowest BCUT2D eigenvalue weighted by atomic mass is 9.92. The average Bonchev–Trinajstić information content (AvgIpc) is 3.21. The van der Waals surface area contributed by atoms with Gasteiger partial charge in [-0.05, 0) is 13.8 Å². The normalized spacial score (nSPS) is 11.6. The van der Waals surface area contributed by atoms with Gasteiger partial charge in [-0.25, -0.2) is 9.78 Å². The summed E-state index contributed by atoms with van der Waals surface area (Å²) in [6, 6.07) is 1.63. The molecule has 0 atom stereocenters. The van der Waals surface area contributed by atoms with Crippen molar-refractivity contribution >= 4 is 28.9 Å². The van der Waals surface area contributed by atoms with Crippen molar-refractivity contribution in [2.45, 2.75) is 46.6 Å². The number of hydrogen-bond acceptors (Lipinski definition) is 8. The van der Waals surface area contributed by atoms with Gasteiger partial charge in [0.25, 0.3) is 5.56 Å². The lowest BCUT2D eigenvalue weighted by Gasteiger charge is -2.12. The summed E-state index contributed by atoms with van der Waals surface area (Å²) >= 11 is 0. The average molecular weight is 402 g/mol. The molecule has 3 heterocycles. The highest BCUT2D eigenvalue weighted by molar-refractivity contribution is 6.03. The number of anilines is 1. The van der Waals surface area contributed by atoms with Crippen LogP contribution in [-0.2, 0) is 21.5 Å². The van der Waals surface area contributed by atoms with Crippen LogP contribution >= 0.6 is 0 Å². The molecule has 1 amide bonds. The molecule has 10 heteroatoms. The predicted octanol–water partition coefficient (Wildman–Crippen LogP) is 2.40. The highest BCUT2D eigenvalue weighted by Gasteiger charge is 2.24. The van der Waals surface area contributed by atoms with Crippen LogP contribution in [0.15, 0.2) is 26.1 Å². The fourth-order valence-electron chi connectivity index (χ4n) is 2.72. The third kappa shape index (κ3) is 4.05. The van der Waals surface area contributed by atoms with Crippen LogP contribution in [0, 0.1) is 6.92 Å². The Balaban J connectivity index is 1.87. The van der Waals surface area contributed by atoms with Gasteiger partial charge in [-0.1, -0.05) is 25.9 Å². The molecule has 3 aromatic rings. The molecule has 0 aliphatic heterocycles. The van der Waals surface area contributed by atoms with Crippen molar-refractivity contribution < 1.29 is 23.3 Å². The number of amides is 1. The van der Waals surface area contributed by atoms with Gasteiger partial charge in [0.2, 0.25) is 17.5 Å². The second-order valence-electron chi connectivity index (χ2n) is 7.49. The molecule has 10 nitrogen and oxygen atoms in total. The van der Waals surface area contributed by atoms with E-state index in [0.717, 1.165) is 4.57 Å². The van der Waals surface area contributed by atoms with E-state index in [4.69, 9.17) is 13.7 Å². The SMILES string of the molecule is CCOC(=O)c1c(C)oc2ncn(CC(=O)Nc3cc(C(C)(C)C)no3)c(=O)c12. The minimum atomic E-state index is -0.679. The molecule has 0 saturated heterocycles. The van der Waals surface area contributed by atoms with Crippen molar-refractivity contribution in [1.29, 1.82) is 0 Å². The van der Waals surface area contributed by atoms with Crippen molar-refractivity contribution in [3.05, 3.63) is 39.8 Å². The Hall–Kier alpha value is -3.43. The first-order chi connectivity index (χ1) is 13.6. The summed E-state index contributed by atoms with van der Waals surface area (Å²) in [6.45, 7) is 8.91. The molecule has 29 heavy (non-hydrogen) atoms. The van der Waals surface area contributed by atoms with E-state index in [1.807, 2.05) is 20.8 Å². The van der Waals surface area contributed by atoms with Crippen LogP contribution in [0.2, 0.25) is 0 Å². The van der Waals surface area contributed by atoms with E-state index in [1.54, 1.807) is 19.9 Å². The van der Waals surface area contributed by atoms with Gasteiger partial charge < -0.3 is 13.7 Å². The van der Waals surface area contributed by atoms with Crippen LogP contribution in [0.5, 0.6) is 0 Å². The molecule has 1 N–H and O–H groups in total. The zero-order valence-corrected chi connectivity index (χ0v) is 16.9. The van der Waals surface area contributed by atoms with Gasteiger partial charge in [0, 0.05) is 11.5 Å². The molecule has 154 valence electrons. The van der Waals surface area contributed by atoms with Crippen LogP contribution in [0.1, 0.15) is 49.5 Å². The summed E-state index contributed by atoms with van der Waals surface area (Å²) < 4.78 is 16.6. The monoisotopic (exact) mass is 402 g/mol. The first-order valence-corrected chi connectivity index (χ1v) is 9.04. The number of rotatable bonds is 5. The number of hydrogen-bond donors (Lipinski definition) is 1. The highest BCUT2D eigenvalue weighted by Crippen LogP contribution is 2.24. The highest BCUT2D eigenvalue weighted by atomic mass is 16.5. The number of carbonyl (C=O) groups is 2. The second-order valence-corrected chi connectivity index (χ2v) is 7.49. The van der Waals surface area contributed by atoms with E-state index >= 15 is 0 Å². The number of nitrogens with zero attached hydrogens (tertiary/aromatic N) is 3. The topological polar surface area (TPSA) is 129 Å². The maximum Gasteiger partial charge on any atom is 0.342 e. The van der Waals surface area contributed by atoms with Gasteiger partial charge in [-0.2, -0.15) is 0 Å².